The fraction of sp³-hybridized carbons (Fsp3) is 0.294. The highest BCUT2D eigenvalue weighted by molar-refractivity contribution is 5.45. The van der Waals surface area contributed by atoms with Crippen molar-refractivity contribution in [2.24, 2.45) is 0 Å². The van der Waals surface area contributed by atoms with Crippen molar-refractivity contribution in [3.63, 3.8) is 0 Å². The van der Waals surface area contributed by atoms with Crippen LogP contribution in [0.3, 0.4) is 0 Å². The summed E-state index contributed by atoms with van der Waals surface area (Å²) in [6.45, 7) is 3.86. The second-order valence-corrected chi connectivity index (χ2v) is 4.95. The van der Waals surface area contributed by atoms with Gasteiger partial charge in [0.25, 0.3) is 0 Å². The Balaban J connectivity index is 1.47. The van der Waals surface area contributed by atoms with Crippen molar-refractivity contribution in [2.75, 3.05) is 19.9 Å². The van der Waals surface area contributed by atoms with E-state index in [1.165, 1.54) is 5.56 Å². The monoisotopic (exact) mass is 285 g/mol. The molecule has 0 spiro atoms. The minimum absolute atomic E-state index is 0.235. The van der Waals surface area contributed by atoms with E-state index in [9.17, 15) is 0 Å². The molecule has 3 rings (SSSR count). The second kappa shape index (κ2) is 6.50. The second-order valence-electron chi connectivity index (χ2n) is 4.95. The topological polar surface area (TPSA) is 39.7 Å². The van der Waals surface area contributed by atoms with Crippen molar-refractivity contribution in [1.82, 2.24) is 5.32 Å². The van der Waals surface area contributed by atoms with Gasteiger partial charge in [-0.3, -0.25) is 0 Å². The summed E-state index contributed by atoms with van der Waals surface area (Å²) in [5.74, 6) is 2.54. The van der Waals surface area contributed by atoms with Gasteiger partial charge in [-0.25, -0.2) is 0 Å². The summed E-state index contributed by atoms with van der Waals surface area (Å²) in [5, 5.41) is 3.44. The lowest BCUT2D eigenvalue weighted by Gasteiger charge is -2.15. The first kappa shape index (κ1) is 13.8. The standard InChI is InChI=1S/C17H19NO3/c1-13(14-7-8-16-17(11-14)21-12-20-16)18-9-10-19-15-5-3-2-4-6-15/h2-8,11,13,18H,9-10,12H2,1H3. The molecule has 4 nitrogen and oxygen atoms in total. The van der Waals surface area contributed by atoms with Crippen LogP contribution in [0.15, 0.2) is 48.5 Å². The predicted molar refractivity (Wildman–Crippen MR) is 80.9 cm³/mol. The van der Waals surface area contributed by atoms with Gasteiger partial charge >= 0.3 is 0 Å². The fourth-order valence-electron chi connectivity index (χ4n) is 2.26. The molecule has 2 aromatic rings. The molecule has 0 aromatic heterocycles. The molecule has 1 unspecified atom stereocenters. The summed E-state index contributed by atoms with van der Waals surface area (Å²) >= 11 is 0. The number of rotatable bonds is 6. The number of hydrogen-bond acceptors (Lipinski definition) is 4. The third-order valence-corrected chi connectivity index (χ3v) is 3.46. The van der Waals surface area contributed by atoms with Gasteiger partial charge in [0, 0.05) is 12.6 Å². The van der Waals surface area contributed by atoms with Crippen LogP contribution >= 0.6 is 0 Å². The van der Waals surface area contributed by atoms with Crippen molar-refractivity contribution in [3.8, 4) is 17.2 Å². The van der Waals surface area contributed by atoms with Crippen LogP contribution in [0.25, 0.3) is 0 Å². The molecule has 0 saturated heterocycles. The van der Waals surface area contributed by atoms with Crippen molar-refractivity contribution in [3.05, 3.63) is 54.1 Å². The molecule has 0 saturated carbocycles. The summed E-state index contributed by atoms with van der Waals surface area (Å²) < 4.78 is 16.4. The van der Waals surface area contributed by atoms with Gasteiger partial charge in [-0.1, -0.05) is 24.3 Å². The van der Waals surface area contributed by atoms with Crippen LogP contribution in [0.2, 0.25) is 0 Å². The fourth-order valence-corrected chi connectivity index (χ4v) is 2.26. The molecule has 1 aliphatic heterocycles. The van der Waals surface area contributed by atoms with Crippen LogP contribution < -0.4 is 19.5 Å². The maximum Gasteiger partial charge on any atom is 0.231 e. The van der Waals surface area contributed by atoms with E-state index in [1.807, 2.05) is 42.5 Å². The minimum atomic E-state index is 0.235. The van der Waals surface area contributed by atoms with Gasteiger partial charge in [-0.2, -0.15) is 0 Å². The third-order valence-electron chi connectivity index (χ3n) is 3.46. The van der Waals surface area contributed by atoms with E-state index in [2.05, 4.69) is 18.3 Å². The van der Waals surface area contributed by atoms with Crippen LogP contribution in [-0.2, 0) is 0 Å². The van der Waals surface area contributed by atoms with Crippen LogP contribution in [0.5, 0.6) is 17.2 Å². The van der Waals surface area contributed by atoms with Crippen LogP contribution in [0.4, 0.5) is 0 Å². The van der Waals surface area contributed by atoms with E-state index < -0.39 is 0 Å². The van der Waals surface area contributed by atoms with Crippen molar-refractivity contribution in [2.45, 2.75) is 13.0 Å². The molecule has 1 N–H and O–H groups in total. The Morgan fingerprint density at radius 1 is 1.10 bits per heavy atom. The summed E-state index contributed by atoms with van der Waals surface area (Å²) in [6.07, 6.45) is 0. The number of fused-ring (bicyclic) bond motifs is 1. The highest BCUT2D eigenvalue weighted by atomic mass is 16.7. The summed E-state index contributed by atoms with van der Waals surface area (Å²) in [7, 11) is 0. The highest BCUT2D eigenvalue weighted by Gasteiger charge is 2.15. The van der Waals surface area contributed by atoms with Crippen molar-refractivity contribution >= 4 is 0 Å². The zero-order chi connectivity index (χ0) is 14.5. The Bertz CT molecular complexity index is 586. The van der Waals surface area contributed by atoms with Gasteiger partial charge in [-0.05, 0) is 36.8 Å². The van der Waals surface area contributed by atoms with E-state index in [0.717, 1.165) is 23.8 Å². The highest BCUT2D eigenvalue weighted by Crippen LogP contribution is 2.34. The van der Waals surface area contributed by atoms with E-state index >= 15 is 0 Å². The smallest absolute Gasteiger partial charge is 0.231 e. The quantitative estimate of drug-likeness (QED) is 0.828. The molecule has 0 amide bonds. The Morgan fingerprint density at radius 2 is 1.90 bits per heavy atom. The first-order valence-electron chi connectivity index (χ1n) is 7.14. The summed E-state index contributed by atoms with van der Waals surface area (Å²) in [6, 6.07) is 16.1. The van der Waals surface area contributed by atoms with Gasteiger partial charge in [-0.15, -0.1) is 0 Å². The van der Waals surface area contributed by atoms with Gasteiger partial charge in [0.05, 0.1) is 0 Å². The maximum absolute atomic E-state index is 5.66. The summed E-state index contributed by atoms with van der Waals surface area (Å²) in [5.41, 5.74) is 1.18. The molecule has 1 atom stereocenters. The van der Waals surface area contributed by atoms with Crippen LogP contribution in [0.1, 0.15) is 18.5 Å². The van der Waals surface area contributed by atoms with Crippen LogP contribution in [0, 0.1) is 0 Å². The molecule has 0 fully saturated rings. The zero-order valence-electron chi connectivity index (χ0n) is 12.0. The average Bonchev–Trinajstić information content (AvgIpc) is 3.00. The molecule has 0 aliphatic carbocycles. The molecule has 21 heavy (non-hydrogen) atoms. The van der Waals surface area contributed by atoms with Gasteiger partial charge in [0.1, 0.15) is 12.4 Å². The van der Waals surface area contributed by atoms with E-state index in [-0.39, 0.29) is 6.04 Å². The number of hydrogen-bond donors (Lipinski definition) is 1. The number of para-hydroxylation sites is 1. The molecule has 4 heteroatoms. The lowest BCUT2D eigenvalue weighted by atomic mass is 10.1. The minimum Gasteiger partial charge on any atom is -0.492 e. The van der Waals surface area contributed by atoms with Gasteiger partial charge in [0.15, 0.2) is 11.5 Å². The molecular formula is C17H19NO3. The Morgan fingerprint density at radius 3 is 2.76 bits per heavy atom. The predicted octanol–water partition coefficient (Wildman–Crippen LogP) is 3.14. The molecule has 0 radical (unpaired) electrons. The SMILES string of the molecule is CC(NCCOc1ccccc1)c1ccc2c(c1)OCO2. The molecule has 1 aliphatic rings. The van der Waals surface area contributed by atoms with Crippen LogP contribution in [-0.4, -0.2) is 19.9 Å². The first-order valence-corrected chi connectivity index (χ1v) is 7.14. The zero-order valence-corrected chi connectivity index (χ0v) is 12.0. The number of nitrogens with one attached hydrogen (secondary N) is 1. The van der Waals surface area contributed by atoms with E-state index in [4.69, 9.17) is 14.2 Å². The lowest BCUT2D eigenvalue weighted by Crippen LogP contribution is -2.24. The Hall–Kier alpha value is -2.20. The van der Waals surface area contributed by atoms with E-state index in [0.29, 0.717) is 13.4 Å². The third kappa shape index (κ3) is 3.47. The first-order chi connectivity index (χ1) is 10.3. The summed E-state index contributed by atoms with van der Waals surface area (Å²) in [4.78, 5) is 0. The molecule has 1 heterocycles. The molecule has 2 aromatic carbocycles. The maximum atomic E-state index is 5.66. The normalized spacial score (nSPS) is 14.0. The van der Waals surface area contributed by atoms with Crippen molar-refractivity contribution < 1.29 is 14.2 Å². The molecular weight excluding hydrogens is 266 g/mol. The lowest BCUT2D eigenvalue weighted by molar-refractivity contribution is 0.174. The number of benzene rings is 2. The van der Waals surface area contributed by atoms with Gasteiger partial charge < -0.3 is 19.5 Å². The molecule has 0 bridgehead atoms. The largest absolute Gasteiger partial charge is 0.492 e. The molecule has 110 valence electrons. The van der Waals surface area contributed by atoms with Gasteiger partial charge in [0.2, 0.25) is 6.79 Å². The van der Waals surface area contributed by atoms with E-state index in [1.54, 1.807) is 0 Å². The van der Waals surface area contributed by atoms with Crippen molar-refractivity contribution in [1.29, 1.82) is 0 Å². The Kier molecular flexibility index (Phi) is 4.26. The Labute approximate surface area is 124 Å². The average molecular weight is 285 g/mol. The number of ether oxygens (including phenoxy) is 3.